The van der Waals surface area contributed by atoms with Gasteiger partial charge in [-0.2, -0.15) is 12.6 Å². The summed E-state index contributed by atoms with van der Waals surface area (Å²) in [7, 11) is 0. The molecule has 0 fully saturated rings. The Morgan fingerprint density at radius 1 is 1.25 bits per heavy atom. The molecule has 0 aromatic heterocycles. The van der Waals surface area contributed by atoms with Gasteiger partial charge in [0.2, 0.25) is 5.91 Å². The Hall–Kier alpha value is -0.220. The van der Waals surface area contributed by atoms with E-state index in [1.54, 1.807) is 0 Å². The van der Waals surface area contributed by atoms with Crippen LogP contribution in [0.2, 0.25) is 0 Å². The van der Waals surface area contributed by atoms with Gasteiger partial charge in [-0.05, 0) is 18.8 Å². The van der Waals surface area contributed by atoms with Crippen LogP contribution in [0.25, 0.3) is 0 Å². The number of rotatable bonds is 9. The molecule has 4 heteroatoms. The van der Waals surface area contributed by atoms with Crippen LogP contribution in [0, 0.1) is 5.92 Å². The molecule has 0 saturated heterocycles. The summed E-state index contributed by atoms with van der Waals surface area (Å²) in [5.74, 6) is 0.707. The van der Waals surface area contributed by atoms with Gasteiger partial charge >= 0.3 is 0 Å². The van der Waals surface area contributed by atoms with Crippen molar-refractivity contribution in [2.24, 2.45) is 5.92 Å². The maximum absolute atomic E-state index is 11.3. The molecule has 0 aromatic carbocycles. The van der Waals surface area contributed by atoms with Crippen molar-refractivity contribution in [1.29, 1.82) is 0 Å². The minimum atomic E-state index is 0.125. The number of ether oxygens (including phenoxy) is 1. The van der Waals surface area contributed by atoms with Gasteiger partial charge in [0, 0.05) is 24.8 Å². The van der Waals surface area contributed by atoms with Crippen molar-refractivity contribution in [1.82, 2.24) is 5.32 Å². The fourth-order valence-electron chi connectivity index (χ4n) is 1.13. The van der Waals surface area contributed by atoms with Gasteiger partial charge in [0.05, 0.1) is 6.61 Å². The zero-order chi connectivity index (χ0) is 12.4. The number of carbonyl (C=O) groups excluding carboxylic acids is 1. The first-order valence-corrected chi connectivity index (χ1v) is 6.56. The monoisotopic (exact) mass is 247 g/mol. The minimum absolute atomic E-state index is 0.125. The summed E-state index contributed by atoms with van der Waals surface area (Å²) < 4.78 is 5.36. The first-order chi connectivity index (χ1) is 7.52. The average Bonchev–Trinajstić information content (AvgIpc) is 2.19. The molecule has 0 unspecified atom stereocenters. The molecule has 0 rings (SSSR count). The fourth-order valence-corrected chi connectivity index (χ4v) is 1.23. The highest BCUT2D eigenvalue weighted by Gasteiger charge is 2.02. The summed E-state index contributed by atoms with van der Waals surface area (Å²) in [6, 6.07) is 0. The van der Waals surface area contributed by atoms with E-state index in [0.29, 0.717) is 37.3 Å². The van der Waals surface area contributed by atoms with Crippen molar-refractivity contribution >= 4 is 18.5 Å². The molecule has 3 nitrogen and oxygen atoms in total. The Labute approximate surface area is 105 Å². The Bertz CT molecular complexity index is 184. The van der Waals surface area contributed by atoms with E-state index in [1.165, 1.54) is 0 Å². The molecular weight excluding hydrogens is 222 g/mol. The largest absolute Gasteiger partial charge is 0.380 e. The van der Waals surface area contributed by atoms with Crippen molar-refractivity contribution < 1.29 is 9.53 Å². The third kappa shape index (κ3) is 11.9. The van der Waals surface area contributed by atoms with E-state index in [4.69, 9.17) is 4.74 Å². The van der Waals surface area contributed by atoms with Gasteiger partial charge < -0.3 is 10.1 Å². The van der Waals surface area contributed by atoms with Crippen molar-refractivity contribution in [2.75, 3.05) is 19.8 Å². The van der Waals surface area contributed by atoms with E-state index < -0.39 is 0 Å². The average molecular weight is 247 g/mol. The quantitative estimate of drug-likeness (QED) is 0.484. The van der Waals surface area contributed by atoms with Crippen LogP contribution in [0.15, 0.2) is 0 Å². The van der Waals surface area contributed by atoms with E-state index in [-0.39, 0.29) is 5.91 Å². The second-order valence-electron chi connectivity index (χ2n) is 4.53. The lowest BCUT2D eigenvalue weighted by molar-refractivity contribution is -0.121. The maximum Gasteiger partial charge on any atom is 0.220 e. The van der Waals surface area contributed by atoms with Crippen LogP contribution in [-0.2, 0) is 9.53 Å². The standard InChI is InChI=1S/C12H25NO2S/c1-10(2)4-5-12(14)13-7-9-15-8-6-11(3)16/h10-11,16H,4-9H2,1-3H3,(H,13,14)/t11-/m0/s1. The highest BCUT2D eigenvalue weighted by Crippen LogP contribution is 2.02. The molecule has 0 aliphatic rings. The van der Waals surface area contributed by atoms with Crippen molar-refractivity contribution in [3.63, 3.8) is 0 Å². The molecule has 0 aromatic rings. The van der Waals surface area contributed by atoms with Crippen LogP contribution in [0.5, 0.6) is 0 Å². The van der Waals surface area contributed by atoms with E-state index in [1.807, 2.05) is 6.92 Å². The smallest absolute Gasteiger partial charge is 0.220 e. The van der Waals surface area contributed by atoms with E-state index >= 15 is 0 Å². The SMILES string of the molecule is CC(C)CCC(=O)NCCOCC[C@H](C)S. The summed E-state index contributed by atoms with van der Waals surface area (Å²) >= 11 is 4.25. The maximum atomic E-state index is 11.3. The second kappa shape index (κ2) is 9.97. The van der Waals surface area contributed by atoms with Crippen LogP contribution in [-0.4, -0.2) is 30.9 Å². The molecule has 1 atom stereocenters. The lowest BCUT2D eigenvalue weighted by atomic mass is 10.1. The van der Waals surface area contributed by atoms with Gasteiger partial charge in [-0.25, -0.2) is 0 Å². The van der Waals surface area contributed by atoms with Gasteiger partial charge in [0.25, 0.3) is 0 Å². The van der Waals surface area contributed by atoms with Crippen LogP contribution in [0.3, 0.4) is 0 Å². The number of carbonyl (C=O) groups is 1. The number of nitrogens with one attached hydrogen (secondary N) is 1. The van der Waals surface area contributed by atoms with Gasteiger partial charge in [0.15, 0.2) is 0 Å². The highest BCUT2D eigenvalue weighted by molar-refractivity contribution is 7.80. The predicted octanol–water partition coefficient (Wildman–Crippen LogP) is 2.26. The third-order valence-corrected chi connectivity index (χ3v) is 2.46. The molecule has 96 valence electrons. The first-order valence-electron chi connectivity index (χ1n) is 6.05. The predicted molar refractivity (Wildman–Crippen MR) is 71.0 cm³/mol. The number of hydrogen-bond donors (Lipinski definition) is 2. The Kier molecular flexibility index (Phi) is 9.83. The molecule has 1 amide bonds. The lowest BCUT2D eigenvalue weighted by Crippen LogP contribution is -2.27. The summed E-state index contributed by atoms with van der Waals surface area (Å²) in [4.78, 5) is 11.3. The van der Waals surface area contributed by atoms with E-state index in [2.05, 4.69) is 31.8 Å². The van der Waals surface area contributed by atoms with Gasteiger partial charge in [-0.15, -0.1) is 0 Å². The lowest BCUT2D eigenvalue weighted by Gasteiger charge is -2.08. The van der Waals surface area contributed by atoms with Crippen molar-refractivity contribution in [3.05, 3.63) is 0 Å². The number of amides is 1. The Morgan fingerprint density at radius 2 is 1.94 bits per heavy atom. The normalized spacial score (nSPS) is 12.8. The minimum Gasteiger partial charge on any atom is -0.380 e. The van der Waals surface area contributed by atoms with E-state index in [0.717, 1.165) is 12.8 Å². The summed E-state index contributed by atoms with van der Waals surface area (Å²) in [6.45, 7) is 8.20. The highest BCUT2D eigenvalue weighted by atomic mass is 32.1. The van der Waals surface area contributed by atoms with Gasteiger partial charge in [-0.3, -0.25) is 4.79 Å². The van der Waals surface area contributed by atoms with Gasteiger partial charge in [-0.1, -0.05) is 20.8 Å². The van der Waals surface area contributed by atoms with Crippen molar-refractivity contribution in [3.8, 4) is 0 Å². The van der Waals surface area contributed by atoms with Crippen LogP contribution in [0.4, 0.5) is 0 Å². The molecule has 0 aliphatic heterocycles. The molecule has 16 heavy (non-hydrogen) atoms. The summed E-state index contributed by atoms with van der Waals surface area (Å²) in [5.41, 5.74) is 0. The number of thiol groups is 1. The van der Waals surface area contributed by atoms with Gasteiger partial charge in [0.1, 0.15) is 0 Å². The molecule has 1 N–H and O–H groups in total. The molecule has 0 aliphatic carbocycles. The summed E-state index contributed by atoms with van der Waals surface area (Å²) in [5, 5.41) is 3.22. The zero-order valence-electron chi connectivity index (χ0n) is 10.7. The van der Waals surface area contributed by atoms with Crippen LogP contribution < -0.4 is 5.32 Å². The molecule has 0 radical (unpaired) electrons. The Balaban J connectivity index is 3.21. The third-order valence-electron chi connectivity index (χ3n) is 2.20. The molecular formula is C12H25NO2S. The van der Waals surface area contributed by atoms with Crippen LogP contribution >= 0.6 is 12.6 Å². The van der Waals surface area contributed by atoms with Crippen molar-refractivity contribution in [2.45, 2.75) is 45.3 Å². The van der Waals surface area contributed by atoms with E-state index in [9.17, 15) is 4.79 Å². The first kappa shape index (κ1) is 15.8. The fraction of sp³-hybridized carbons (Fsp3) is 0.917. The number of hydrogen-bond acceptors (Lipinski definition) is 3. The topological polar surface area (TPSA) is 38.3 Å². The Morgan fingerprint density at radius 3 is 2.50 bits per heavy atom. The zero-order valence-corrected chi connectivity index (χ0v) is 11.6. The second-order valence-corrected chi connectivity index (χ2v) is 5.41. The molecule has 0 saturated carbocycles. The van der Waals surface area contributed by atoms with Crippen LogP contribution in [0.1, 0.15) is 40.0 Å². The summed E-state index contributed by atoms with van der Waals surface area (Å²) in [6.07, 6.45) is 2.51. The molecule has 0 bridgehead atoms. The molecule has 0 spiro atoms. The molecule has 0 heterocycles.